The van der Waals surface area contributed by atoms with Crippen LogP contribution in [-0.4, -0.2) is 25.7 Å². The van der Waals surface area contributed by atoms with Crippen LogP contribution in [0.25, 0.3) is 0 Å². The lowest BCUT2D eigenvalue weighted by Crippen LogP contribution is -2.30. The zero-order valence-corrected chi connectivity index (χ0v) is 14.3. The van der Waals surface area contributed by atoms with Crippen LogP contribution in [0.15, 0.2) is 22.7 Å². The number of hydrogen-bond acceptors (Lipinski definition) is 3. The highest BCUT2D eigenvalue weighted by molar-refractivity contribution is 9.10. The molecule has 21 heavy (non-hydrogen) atoms. The van der Waals surface area contributed by atoms with E-state index in [1.54, 1.807) is 0 Å². The molecular weight excluding hydrogens is 330 g/mol. The summed E-state index contributed by atoms with van der Waals surface area (Å²) in [7, 11) is 0. The molecule has 0 fully saturated rings. The molecule has 4 heteroatoms. The molecule has 0 N–H and O–H groups in total. The second-order valence-corrected chi connectivity index (χ2v) is 6.39. The van der Waals surface area contributed by atoms with Crippen molar-refractivity contribution in [3.63, 3.8) is 0 Å². The summed E-state index contributed by atoms with van der Waals surface area (Å²) in [6.07, 6.45) is 6.11. The highest BCUT2D eigenvalue weighted by Gasteiger charge is 2.16. The van der Waals surface area contributed by atoms with Crippen molar-refractivity contribution in [2.75, 3.05) is 24.6 Å². The fraction of sp³-hybridized carbons (Fsp3) is 0.588. The molecule has 1 heterocycles. The first-order chi connectivity index (χ1) is 10.2. The molecular formula is C17H24BrNO2. The Morgan fingerprint density at radius 1 is 1.33 bits per heavy atom. The first kappa shape index (κ1) is 16.3. The summed E-state index contributed by atoms with van der Waals surface area (Å²) < 4.78 is 6.09. The predicted octanol–water partition coefficient (Wildman–Crippen LogP) is 4.33. The van der Waals surface area contributed by atoms with Crippen molar-refractivity contribution >= 4 is 27.6 Å². The molecule has 0 saturated heterocycles. The van der Waals surface area contributed by atoms with E-state index in [0.717, 1.165) is 36.8 Å². The van der Waals surface area contributed by atoms with Gasteiger partial charge in [0.05, 0.1) is 6.61 Å². The molecule has 0 atom stereocenters. The first-order valence-electron chi connectivity index (χ1n) is 7.89. The Kier molecular flexibility index (Phi) is 6.55. The molecule has 0 saturated carbocycles. The largest absolute Gasteiger partial charge is 0.466 e. The molecule has 1 aromatic carbocycles. The molecule has 0 unspecified atom stereocenters. The number of carbonyl (C=O) groups is 1. The van der Waals surface area contributed by atoms with Crippen LogP contribution < -0.4 is 4.90 Å². The van der Waals surface area contributed by atoms with E-state index >= 15 is 0 Å². The number of fused-ring (bicyclic) bond motifs is 1. The van der Waals surface area contributed by atoms with Gasteiger partial charge in [0.2, 0.25) is 0 Å². The normalized spacial score (nSPS) is 13.9. The number of halogens is 1. The Hall–Kier alpha value is -1.03. The Bertz CT molecular complexity index is 476. The van der Waals surface area contributed by atoms with Gasteiger partial charge in [-0.05, 0) is 50.3 Å². The average Bonchev–Trinajstić information content (AvgIpc) is 2.47. The summed E-state index contributed by atoms with van der Waals surface area (Å²) in [4.78, 5) is 13.8. The van der Waals surface area contributed by atoms with E-state index in [-0.39, 0.29) is 5.97 Å². The van der Waals surface area contributed by atoms with Crippen LogP contribution in [0.5, 0.6) is 0 Å². The summed E-state index contributed by atoms with van der Waals surface area (Å²) in [5.41, 5.74) is 2.83. The summed E-state index contributed by atoms with van der Waals surface area (Å²) in [6, 6.07) is 6.58. The SMILES string of the molecule is CCOC(=O)CCCCCN1CCCc2ccc(Br)cc21. The van der Waals surface area contributed by atoms with E-state index < -0.39 is 0 Å². The van der Waals surface area contributed by atoms with Crippen molar-refractivity contribution in [1.29, 1.82) is 0 Å². The standard InChI is InChI=1S/C17H24BrNO2/c1-2-21-17(20)8-4-3-5-11-19-12-6-7-14-9-10-15(18)13-16(14)19/h9-10,13H,2-8,11-12H2,1H3. The van der Waals surface area contributed by atoms with E-state index in [0.29, 0.717) is 13.0 Å². The molecule has 116 valence electrons. The fourth-order valence-electron chi connectivity index (χ4n) is 2.84. The quantitative estimate of drug-likeness (QED) is 0.539. The zero-order valence-electron chi connectivity index (χ0n) is 12.7. The van der Waals surface area contributed by atoms with Gasteiger partial charge in [-0.1, -0.05) is 28.4 Å². The number of benzene rings is 1. The topological polar surface area (TPSA) is 29.5 Å². The summed E-state index contributed by atoms with van der Waals surface area (Å²) in [6.45, 7) is 4.55. The minimum atomic E-state index is -0.0650. The van der Waals surface area contributed by atoms with Crippen molar-refractivity contribution in [2.24, 2.45) is 0 Å². The molecule has 0 amide bonds. The molecule has 0 radical (unpaired) electrons. The number of ether oxygens (including phenoxy) is 1. The third-order valence-electron chi connectivity index (χ3n) is 3.88. The first-order valence-corrected chi connectivity index (χ1v) is 8.69. The molecule has 2 rings (SSSR count). The van der Waals surface area contributed by atoms with Crippen LogP contribution in [0.1, 0.15) is 44.6 Å². The molecule has 1 aliphatic heterocycles. The van der Waals surface area contributed by atoms with Gasteiger partial charge < -0.3 is 9.64 Å². The van der Waals surface area contributed by atoms with Crippen LogP contribution in [0, 0.1) is 0 Å². The van der Waals surface area contributed by atoms with Gasteiger partial charge in [-0.3, -0.25) is 4.79 Å². The Labute approximate surface area is 135 Å². The van der Waals surface area contributed by atoms with Crippen LogP contribution >= 0.6 is 15.9 Å². The minimum absolute atomic E-state index is 0.0650. The van der Waals surface area contributed by atoms with E-state index in [1.165, 1.54) is 24.1 Å². The van der Waals surface area contributed by atoms with E-state index in [1.807, 2.05) is 6.92 Å². The second kappa shape index (κ2) is 8.42. The number of rotatable bonds is 7. The average molecular weight is 354 g/mol. The predicted molar refractivity (Wildman–Crippen MR) is 89.8 cm³/mol. The fourth-order valence-corrected chi connectivity index (χ4v) is 3.19. The summed E-state index contributed by atoms with van der Waals surface area (Å²) in [5.74, 6) is -0.0650. The van der Waals surface area contributed by atoms with Gasteiger partial charge >= 0.3 is 5.97 Å². The van der Waals surface area contributed by atoms with E-state index in [9.17, 15) is 4.79 Å². The van der Waals surface area contributed by atoms with Gasteiger partial charge in [0.25, 0.3) is 0 Å². The van der Waals surface area contributed by atoms with Gasteiger partial charge in [-0.2, -0.15) is 0 Å². The number of hydrogen-bond donors (Lipinski definition) is 0. The highest BCUT2D eigenvalue weighted by atomic mass is 79.9. The van der Waals surface area contributed by atoms with Crippen molar-refractivity contribution in [3.8, 4) is 0 Å². The molecule has 0 bridgehead atoms. The Morgan fingerprint density at radius 3 is 3.00 bits per heavy atom. The maximum Gasteiger partial charge on any atom is 0.305 e. The molecule has 0 aliphatic carbocycles. The van der Waals surface area contributed by atoms with Crippen LogP contribution in [0.3, 0.4) is 0 Å². The van der Waals surface area contributed by atoms with Gasteiger partial charge in [-0.25, -0.2) is 0 Å². The summed E-state index contributed by atoms with van der Waals surface area (Å²) in [5, 5.41) is 0. The van der Waals surface area contributed by atoms with E-state index in [2.05, 4.69) is 39.0 Å². The number of esters is 1. The number of aryl methyl sites for hydroxylation is 1. The van der Waals surface area contributed by atoms with Crippen molar-refractivity contribution < 1.29 is 9.53 Å². The molecule has 0 spiro atoms. The van der Waals surface area contributed by atoms with Crippen molar-refractivity contribution in [1.82, 2.24) is 0 Å². The Balaban J connectivity index is 1.75. The molecule has 0 aromatic heterocycles. The highest BCUT2D eigenvalue weighted by Crippen LogP contribution is 2.30. The number of anilines is 1. The van der Waals surface area contributed by atoms with Gasteiger partial charge in [0.15, 0.2) is 0 Å². The lowest BCUT2D eigenvalue weighted by Gasteiger charge is -2.31. The monoisotopic (exact) mass is 353 g/mol. The van der Waals surface area contributed by atoms with Crippen LogP contribution in [0.2, 0.25) is 0 Å². The van der Waals surface area contributed by atoms with Crippen LogP contribution in [0.4, 0.5) is 5.69 Å². The lowest BCUT2D eigenvalue weighted by atomic mass is 10.0. The maximum atomic E-state index is 11.3. The maximum absolute atomic E-state index is 11.3. The molecule has 1 aromatic rings. The lowest BCUT2D eigenvalue weighted by molar-refractivity contribution is -0.143. The number of unbranched alkanes of at least 4 members (excludes halogenated alkanes) is 2. The molecule has 1 aliphatic rings. The third kappa shape index (κ3) is 5.03. The second-order valence-electron chi connectivity index (χ2n) is 5.48. The minimum Gasteiger partial charge on any atom is -0.466 e. The van der Waals surface area contributed by atoms with Crippen molar-refractivity contribution in [3.05, 3.63) is 28.2 Å². The number of nitrogens with zero attached hydrogens (tertiary/aromatic N) is 1. The summed E-state index contributed by atoms with van der Waals surface area (Å²) >= 11 is 3.56. The smallest absolute Gasteiger partial charge is 0.305 e. The van der Waals surface area contributed by atoms with Gasteiger partial charge in [-0.15, -0.1) is 0 Å². The van der Waals surface area contributed by atoms with Gasteiger partial charge in [0.1, 0.15) is 0 Å². The van der Waals surface area contributed by atoms with Crippen LogP contribution in [-0.2, 0) is 16.0 Å². The molecule has 3 nitrogen and oxygen atoms in total. The Morgan fingerprint density at radius 2 is 2.19 bits per heavy atom. The number of carbonyl (C=O) groups excluding carboxylic acids is 1. The zero-order chi connectivity index (χ0) is 15.1. The third-order valence-corrected chi connectivity index (χ3v) is 4.37. The van der Waals surface area contributed by atoms with Gasteiger partial charge in [0, 0.05) is 29.7 Å². The van der Waals surface area contributed by atoms with E-state index in [4.69, 9.17) is 4.74 Å². The van der Waals surface area contributed by atoms with Crippen molar-refractivity contribution in [2.45, 2.75) is 45.4 Å².